The molecule has 0 bridgehead atoms. The molecule has 112 valence electrons. The van der Waals surface area contributed by atoms with Gasteiger partial charge in [-0.25, -0.2) is 0 Å². The maximum atomic E-state index is 6.05. The van der Waals surface area contributed by atoms with Crippen LogP contribution in [0, 0.1) is 6.92 Å². The average Bonchev–Trinajstić information content (AvgIpc) is 2.39. The van der Waals surface area contributed by atoms with Gasteiger partial charge in [0.25, 0.3) is 0 Å². The van der Waals surface area contributed by atoms with Crippen molar-refractivity contribution >= 4 is 5.69 Å². The van der Waals surface area contributed by atoms with E-state index in [0.29, 0.717) is 6.61 Å². The number of nitrogen functional groups attached to an aromatic ring is 1. The standard InChI is InChI=1S/C19H25NO/c1-14-9-10-16(19(2,3)4)18(13-14)21-12-11-15-7-5-6-8-17(15)20/h5-10,13H,11-12,20H2,1-4H3. The number of para-hydroxylation sites is 1. The van der Waals surface area contributed by atoms with Crippen LogP contribution in [0.25, 0.3) is 0 Å². The molecular weight excluding hydrogens is 258 g/mol. The second-order valence-corrected chi connectivity index (χ2v) is 6.55. The van der Waals surface area contributed by atoms with E-state index in [9.17, 15) is 0 Å². The first kappa shape index (κ1) is 15.4. The fourth-order valence-electron chi connectivity index (χ4n) is 2.40. The fourth-order valence-corrected chi connectivity index (χ4v) is 2.40. The van der Waals surface area contributed by atoms with E-state index in [1.54, 1.807) is 0 Å². The summed E-state index contributed by atoms with van der Waals surface area (Å²) in [5.41, 5.74) is 10.5. The smallest absolute Gasteiger partial charge is 0.123 e. The van der Waals surface area contributed by atoms with Gasteiger partial charge in [0.15, 0.2) is 0 Å². The van der Waals surface area contributed by atoms with Gasteiger partial charge in [0.2, 0.25) is 0 Å². The minimum atomic E-state index is 0.0782. The Hall–Kier alpha value is -1.96. The van der Waals surface area contributed by atoms with Gasteiger partial charge >= 0.3 is 0 Å². The Morgan fingerprint density at radius 2 is 1.76 bits per heavy atom. The minimum absolute atomic E-state index is 0.0782. The molecule has 0 aliphatic heterocycles. The molecular formula is C19H25NO. The van der Waals surface area contributed by atoms with Crippen LogP contribution in [0.2, 0.25) is 0 Å². The van der Waals surface area contributed by atoms with E-state index < -0.39 is 0 Å². The van der Waals surface area contributed by atoms with Gasteiger partial charge in [-0.1, -0.05) is 51.1 Å². The Morgan fingerprint density at radius 3 is 2.43 bits per heavy atom. The summed E-state index contributed by atoms with van der Waals surface area (Å²) in [6.45, 7) is 9.36. The fraction of sp³-hybridized carbons (Fsp3) is 0.368. The largest absolute Gasteiger partial charge is 0.493 e. The molecule has 0 unspecified atom stereocenters. The molecule has 2 aromatic carbocycles. The van der Waals surface area contributed by atoms with E-state index in [-0.39, 0.29) is 5.41 Å². The highest BCUT2D eigenvalue weighted by Crippen LogP contribution is 2.32. The van der Waals surface area contributed by atoms with E-state index in [1.165, 1.54) is 11.1 Å². The zero-order valence-electron chi connectivity index (χ0n) is 13.4. The SMILES string of the molecule is Cc1ccc(C(C)(C)C)c(OCCc2ccccc2N)c1. The molecule has 0 fully saturated rings. The van der Waals surface area contributed by atoms with Gasteiger partial charge in [0, 0.05) is 12.1 Å². The Balaban J connectivity index is 2.10. The first-order valence-corrected chi connectivity index (χ1v) is 7.45. The molecule has 0 saturated carbocycles. The number of anilines is 1. The quantitative estimate of drug-likeness (QED) is 0.839. The molecule has 0 radical (unpaired) electrons. The van der Waals surface area contributed by atoms with Crippen molar-refractivity contribution in [3.05, 3.63) is 59.2 Å². The average molecular weight is 283 g/mol. The number of aryl methyl sites for hydroxylation is 1. The van der Waals surface area contributed by atoms with Crippen molar-refractivity contribution in [2.24, 2.45) is 0 Å². The molecule has 0 spiro atoms. The summed E-state index contributed by atoms with van der Waals surface area (Å²) in [6.07, 6.45) is 0.824. The normalized spacial score (nSPS) is 11.4. The molecule has 0 atom stereocenters. The maximum absolute atomic E-state index is 6.05. The summed E-state index contributed by atoms with van der Waals surface area (Å²) >= 11 is 0. The predicted molar refractivity (Wildman–Crippen MR) is 89.9 cm³/mol. The predicted octanol–water partition coefficient (Wildman–Crippen LogP) is 4.50. The van der Waals surface area contributed by atoms with E-state index in [1.807, 2.05) is 18.2 Å². The third-order valence-electron chi connectivity index (χ3n) is 3.63. The highest BCUT2D eigenvalue weighted by atomic mass is 16.5. The second kappa shape index (κ2) is 6.21. The van der Waals surface area contributed by atoms with Gasteiger partial charge in [-0.3, -0.25) is 0 Å². The molecule has 0 saturated heterocycles. The molecule has 0 heterocycles. The van der Waals surface area contributed by atoms with Gasteiger partial charge in [0.1, 0.15) is 5.75 Å². The van der Waals surface area contributed by atoms with Crippen LogP contribution in [0.5, 0.6) is 5.75 Å². The van der Waals surface area contributed by atoms with E-state index >= 15 is 0 Å². The van der Waals surface area contributed by atoms with Crippen molar-refractivity contribution < 1.29 is 4.74 Å². The van der Waals surface area contributed by atoms with Crippen molar-refractivity contribution in [2.45, 2.75) is 39.5 Å². The Kier molecular flexibility index (Phi) is 4.56. The second-order valence-electron chi connectivity index (χ2n) is 6.55. The summed E-state index contributed by atoms with van der Waals surface area (Å²) in [5.74, 6) is 0.983. The van der Waals surface area contributed by atoms with Gasteiger partial charge in [-0.2, -0.15) is 0 Å². The van der Waals surface area contributed by atoms with Gasteiger partial charge < -0.3 is 10.5 Å². The molecule has 2 N–H and O–H groups in total. The van der Waals surface area contributed by atoms with Crippen LogP contribution in [0.1, 0.15) is 37.5 Å². The van der Waals surface area contributed by atoms with E-state index in [4.69, 9.17) is 10.5 Å². The summed E-state index contributed by atoms with van der Waals surface area (Å²) in [4.78, 5) is 0. The van der Waals surface area contributed by atoms with Crippen LogP contribution in [0.3, 0.4) is 0 Å². The summed E-state index contributed by atoms with van der Waals surface area (Å²) in [6, 6.07) is 14.4. The van der Waals surface area contributed by atoms with Crippen molar-refractivity contribution in [3.8, 4) is 5.75 Å². The Bertz CT molecular complexity index is 611. The lowest BCUT2D eigenvalue weighted by atomic mass is 9.86. The van der Waals surface area contributed by atoms with Gasteiger partial charge in [-0.05, 0) is 41.2 Å². The third kappa shape index (κ3) is 4.01. The van der Waals surface area contributed by atoms with Crippen molar-refractivity contribution in [2.75, 3.05) is 12.3 Å². The highest BCUT2D eigenvalue weighted by molar-refractivity contribution is 5.46. The number of nitrogens with two attached hydrogens (primary N) is 1. The number of rotatable bonds is 4. The topological polar surface area (TPSA) is 35.2 Å². The lowest BCUT2D eigenvalue weighted by Crippen LogP contribution is -2.14. The number of hydrogen-bond acceptors (Lipinski definition) is 2. The molecule has 2 aromatic rings. The lowest BCUT2D eigenvalue weighted by molar-refractivity contribution is 0.313. The number of benzene rings is 2. The first-order chi connectivity index (χ1) is 9.88. The van der Waals surface area contributed by atoms with Crippen molar-refractivity contribution in [1.82, 2.24) is 0 Å². The Labute approximate surface area is 127 Å². The summed E-state index contributed by atoms with van der Waals surface area (Å²) in [7, 11) is 0. The Morgan fingerprint density at radius 1 is 1.05 bits per heavy atom. The van der Waals surface area contributed by atoms with Crippen LogP contribution in [-0.2, 0) is 11.8 Å². The molecule has 0 aliphatic carbocycles. The van der Waals surface area contributed by atoms with Crippen LogP contribution in [0.4, 0.5) is 5.69 Å². The molecule has 0 aliphatic rings. The molecule has 2 nitrogen and oxygen atoms in total. The third-order valence-corrected chi connectivity index (χ3v) is 3.63. The molecule has 2 rings (SSSR count). The van der Waals surface area contributed by atoms with Gasteiger partial charge in [0.05, 0.1) is 6.61 Å². The van der Waals surface area contributed by atoms with E-state index in [2.05, 4.69) is 52.0 Å². The number of ether oxygens (including phenoxy) is 1. The van der Waals surface area contributed by atoms with Crippen molar-refractivity contribution in [3.63, 3.8) is 0 Å². The maximum Gasteiger partial charge on any atom is 0.123 e. The van der Waals surface area contributed by atoms with Gasteiger partial charge in [-0.15, -0.1) is 0 Å². The lowest BCUT2D eigenvalue weighted by Gasteiger charge is -2.23. The zero-order valence-corrected chi connectivity index (χ0v) is 13.4. The highest BCUT2D eigenvalue weighted by Gasteiger charge is 2.18. The number of hydrogen-bond donors (Lipinski definition) is 1. The van der Waals surface area contributed by atoms with Crippen molar-refractivity contribution in [1.29, 1.82) is 0 Å². The van der Waals surface area contributed by atoms with Crippen LogP contribution in [0.15, 0.2) is 42.5 Å². The molecule has 0 amide bonds. The van der Waals surface area contributed by atoms with E-state index in [0.717, 1.165) is 23.4 Å². The van der Waals surface area contributed by atoms with Crippen LogP contribution in [-0.4, -0.2) is 6.61 Å². The monoisotopic (exact) mass is 283 g/mol. The zero-order chi connectivity index (χ0) is 15.5. The summed E-state index contributed by atoms with van der Waals surface area (Å²) < 4.78 is 6.05. The van der Waals surface area contributed by atoms with Crippen LogP contribution < -0.4 is 10.5 Å². The molecule has 21 heavy (non-hydrogen) atoms. The molecule has 2 heteroatoms. The first-order valence-electron chi connectivity index (χ1n) is 7.45. The molecule has 0 aromatic heterocycles. The minimum Gasteiger partial charge on any atom is -0.493 e. The van der Waals surface area contributed by atoms with Crippen LogP contribution >= 0.6 is 0 Å². The summed E-state index contributed by atoms with van der Waals surface area (Å²) in [5, 5.41) is 0.